The van der Waals surface area contributed by atoms with Crippen LogP contribution >= 0.6 is 0 Å². The first-order valence-corrected chi connectivity index (χ1v) is 7.33. The molecule has 106 valence electrons. The lowest BCUT2D eigenvalue weighted by molar-refractivity contribution is 0.0381. The summed E-state index contributed by atoms with van der Waals surface area (Å²) in [6.07, 6.45) is 6.66. The van der Waals surface area contributed by atoms with E-state index in [1.807, 2.05) is 26.2 Å². The van der Waals surface area contributed by atoms with Crippen molar-refractivity contribution in [2.24, 2.45) is 0 Å². The van der Waals surface area contributed by atoms with Crippen LogP contribution in [0.5, 0.6) is 0 Å². The van der Waals surface area contributed by atoms with Gasteiger partial charge in [-0.15, -0.1) is 0 Å². The summed E-state index contributed by atoms with van der Waals surface area (Å²) in [5.41, 5.74) is 1.74. The number of rotatable bonds is 4. The molecule has 0 heterocycles. The molecule has 1 aromatic rings. The maximum absolute atomic E-state index is 10.7. The standard InChI is InChI=1S/C16H26N2O/c1-18(2)15-10-6-5-9-14(15)17-13-16(19)11-7-3-4-8-12-16/h5-6,9-10,17,19H,3-4,7-8,11-13H2,1-2H3. The lowest BCUT2D eigenvalue weighted by atomic mass is 9.94. The van der Waals surface area contributed by atoms with Crippen LogP contribution in [0.3, 0.4) is 0 Å². The summed E-state index contributed by atoms with van der Waals surface area (Å²) in [5.74, 6) is 0. The molecule has 1 aliphatic rings. The minimum atomic E-state index is -0.532. The number of para-hydroxylation sites is 2. The number of hydrogen-bond donors (Lipinski definition) is 2. The summed E-state index contributed by atoms with van der Waals surface area (Å²) in [6.45, 7) is 0.651. The Morgan fingerprint density at radius 2 is 1.74 bits per heavy atom. The molecule has 3 nitrogen and oxygen atoms in total. The third kappa shape index (κ3) is 3.87. The molecule has 0 amide bonds. The largest absolute Gasteiger partial charge is 0.388 e. The van der Waals surface area contributed by atoms with Crippen molar-refractivity contribution in [2.45, 2.75) is 44.1 Å². The fourth-order valence-corrected chi connectivity index (χ4v) is 2.84. The number of aliphatic hydroxyl groups is 1. The van der Waals surface area contributed by atoms with Crippen LogP contribution in [-0.2, 0) is 0 Å². The first-order valence-electron chi connectivity index (χ1n) is 7.33. The number of hydrogen-bond acceptors (Lipinski definition) is 3. The highest BCUT2D eigenvalue weighted by molar-refractivity contribution is 5.69. The maximum atomic E-state index is 10.7. The highest BCUT2D eigenvalue weighted by Crippen LogP contribution is 2.29. The van der Waals surface area contributed by atoms with Gasteiger partial charge in [-0.05, 0) is 25.0 Å². The van der Waals surface area contributed by atoms with Crippen molar-refractivity contribution in [1.29, 1.82) is 0 Å². The smallest absolute Gasteiger partial charge is 0.0819 e. The van der Waals surface area contributed by atoms with Crippen molar-refractivity contribution in [2.75, 3.05) is 30.9 Å². The Hall–Kier alpha value is -1.22. The van der Waals surface area contributed by atoms with E-state index in [4.69, 9.17) is 0 Å². The highest BCUT2D eigenvalue weighted by atomic mass is 16.3. The molecule has 0 atom stereocenters. The number of nitrogens with zero attached hydrogens (tertiary/aromatic N) is 1. The van der Waals surface area contributed by atoms with Crippen LogP contribution in [0.25, 0.3) is 0 Å². The summed E-state index contributed by atoms with van der Waals surface area (Å²) < 4.78 is 0. The van der Waals surface area contributed by atoms with Gasteiger partial charge in [0.1, 0.15) is 0 Å². The molecule has 2 N–H and O–H groups in total. The van der Waals surface area contributed by atoms with Crippen LogP contribution in [-0.4, -0.2) is 31.3 Å². The molecule has 1 saturated carbocycles. The normalized spacial score (nSPS) is 18.7. The van der Waals surface area contributed by atoms with E-state index in [2.05, 4.69) is 22.3 Å². The molecule has 1 aromatic carbocycles. The third-order valence-electron chi connectivity index (χ3n) is 4.03. The van der Waals surface area contributed by atoms with E-state index < -0.39 is 5.60 Å². The topological polar surface area (TPSA) is 35.5 Å². The van der Waals surface area contributed by atoms with Crippen LogP contribution in [0.15, 0.2) is 24.3 Å². The predicted octanol–water partition coefficient (Wildman–Crippen LogP) is 3.25. The van der Waals surface area contributed by atoms with E-state index in [1.54, 1.807) is 0 Å². The van der Waals surface area contributed by atoms with E-state index >= 15 is 0 Å². The second-order valence-corrected chi connectivity index (χ2v) is 5.90. The first-order chi connectivity index (χ1) is 9.11. The minimum absolute atomic E-state index is 0.532. The van der Waals surface area contributed by atoms with Crippen molar-refractivity contribution in [3.05, 3.63) is 24.3 Å². The molecule has 0 radical (unpaired) electrons. The van der Waals surface area contributed by atoms with Gasteiger partial charge in [-0.2, -0.15) is 0 Å². The molecule has 19 heavy (non-hydrogen) atoms. The minimum Gasteiger partial charge on any atom is -0.388 e. The van der Waals surface area contributed by atoms with Crippen LogP contribution in [0, 0.1) is 0 Å². The molecular weight excluding hydrogens is 236 g/mol. The van der Waals surface area contributed by atoms with E-state index in [0.717, 1.165) is 31.4 Å². The maximum Gasteiger partial charge on any atom is 0.0819 e. The Balaban J connectivity index is 2.01. The molecule has 0 aromatic heterocycles. The fourth-order valence-electron chi connectivity index (χ4n) is 2.84. The average Bonchev–Trinajstić information content (AvgIpc) is 2.62. The van der Waals surface area contributed by atoms with Gasteiger partial charge in [0.15, 0.2) is 0 Å². The Morgan fingerprint density at radius 1 is 1.11 bits per heavy atom. The van der Waals surface area contributed by atoms with E-state index in [9.17, 15) is 5.11 Å². The van der Waals surface area contributed by atoms with Gasteiger partial charge >= 0.3 is 0 Å². The Labute approximate surface area is 116 Å². The fraction of sp³-hybridized carbons (Fsp3) is 0.625. The second kappa shape index (κ2) is 6.29. The molecular formula is C16H26N2O. The van der Waals surface area contributed by atoms with Gasteiger partial charge < -0.3 is 15.3 Å². The van der Waals surface area contributed by atoms with Crippen LogP contribution in [0.4, 0.5) is 11.4 Å². The molecule has 0 aliphatic heterocycles. The molecule has 2 rings (SSSR count). The predicted molar refractivity (Wildman–Crippen MR) is 81.9 cm³/mol. The number of benzene rings is 1. The Morgan fingerprint density at radius 3 is 2.37 bits per heavy atom. The van der Waals surface area contributed by atoms with Crippen molar-refractivity contribution in [3.63, 3.8) is 0 Å². The average molecular weight is 262 g/mol. The SMILES string of the molecule is CN(C)c1ccccc1NCC1(O)CCCCCC1. The molecule has 0 unspecified atom stereocenters. The lowest BCUT2D eigenvalue weighted by Crippen LogP contribution is -2.36. The van der Waals surface area contributed by atoms with Crippen LogP contribution < -0.4 is 10.2 Å². The van der Waals surface area contributed by atoms with Crippen molar-refractivity contribution < 1.29 is 5.11 Å². The Bertz CT molecular complexity index is 395. The van der Waals surface area contributed by atoms with Crippen LogP contribution in [0.1, 0.15) is 38.5 Å². The van der Waals surface area contributed by atoms with E-state index in [-0.39, 0.29) is 0 Å². The summed E-state index contributed by atoms with van der Waals surface area (Å²) in [7, 11) is 4.09. The van der Waals surface area contributed by atoms with Crippen molar-refractivity contribution in [3.8, 4) is 0 Å². The van der Waals surface area contributed by atoms with Gasteiger partial charge in [-0.25, -0.2) is 0 Å². The zero-order chi connectivity index (χ0) is 13.7. The summed E-state index contributed by atoms with van der Waals surface area (Å²) in [5, 5.41) is 14.1. The first kappa shape index (κ1) is 14.2. The van der Waals surface area contributed by atoms with Gasteiger partial charge in [0.05, 0.1) is 17.0 Å². The molecule has 3 heteroatoms. The van der Waals surface area contributed by atoms with Gasteiger partial charge in [-0.3, -0.25) is 0 Å². The van der Waals surface area contributed by atoms with E-state index in [1.165, 1.54) is 18.5 Å². The third-order valence-corrected chi connectivity index (χ3v) is 4.03. The molecule has 1 aliphatic carbocycles. The zero-order valence-electron chi connectivity index (χ0n) is 12.2. The monoisotopic (exact) mass is 262 g/mol. The van der Waals surface area contributed by atoms with Crippen LogP contribution in [0.2, 0.25) is 0 Å². The molecule has 0 saturated heterocycles. The van der Waals surface area contributed by atoms with Gasteiger partial charge in [0.2, 0.25) is 0 Å². The van der Waals surface area contributed by atoms with Crippen molar-refractivity contribution in [1.82, 2.24) is 0 Å². The summed E-state index contributed by atoms with van der Waals surface area (Å²) in [4.78, 5) is 2.10. The summed E-state index contributed by atoms with van der Waals surface area (Å²) in [6, 6.07) is 8.25. The zero-order valence-corrected chi connectivity index (χ0v) is 12.2. The second-order valence-electron chi connectivity index (χ2n) is 5.90. The molecule has 0 bridgehead atoms. The molecule has 1 fully saturated rings. The van der Waals surface area contributed by atoms with Gasteiger partial charge in [0.25, 0.3) is 0 Å². The molecule has 0 spiro atoms. The number of anilines is 2. The highest BCUT2D eigenvalue weighted by Gasteiger charge is 2.27. The van der Waals surface area contributed by atoms with Gasteiger partial charge in [0, 0.05) is 20.6 Å². The number of nitrogens with one attached hydrogen (secondary N) is 1. The quantitative estimate of drug-likeness (QED) is 0.818. The Kier molecular flexibility index (Phi) is 4.70. The van der Waals surface area contributed by atoms with Crippen molar-refractivity contribution >= 4 is 11.4 Å². The lowest BCUT2D eigenvalue weighted by Gasteiger charge is -2.28. The van der Waals surface area contributed by atoms with E-state index in [0.29, 0.717) is 6.54 Å². The van der Waals surface area contributed by atoms with Gasteiger partial charge in [-0.1, -0.05) is 37.8 Å². The summed E-state index contributed by atoms with van der Waals surface area (Å²) >= 11 is 0.